The largest absolute Gasteiger partial charge is 0.478 e. The molecule has 1 aromatic heterocycles. The zero-order chi connectivity index (χ0) is 10.6. The van der Waals surface area contributed by atoms with Crippen LogP contribution in [0.4, 0.5) is 0 Å². The maximum Gasteiger partial charge on any atom is 0.213 e. The van der Waals surface area contributed by atoms with Gasteiger partial charge in [0.1, 0.15) is 0 Å². The molecule has 0 bridgehead atoms. The Kier molecular flexibility index (Phi) is 3.76. The first-order chi connectivity index (χ1) is 6.47. The summed E-state index contributed by atoms with van der Waals surface area (Å²) in [6.07, 6.45) is 2.60. The van der Waals surface area contributed by atoms with Gasteiger partial charge in [-0.2, -0.15) is 0 Å². The van der Waals surface area contributed by atoms with E-state index in [-0.39, 0.29) is 0 Å². The van der Waals surface area contributed by atoms with Crippen LogP contribution in [0.2, 0.25) is 5.02 Å². The van der Waals surface area contributed by atoms with Crippen LogP contribution in [-0.2, 0) is 0 Å². The molecule has 0 aliphatic carbocycles. The van der Waals surface area contributed by atoms with E-state index < -0.39 is 0 Å². The van der Waals surface area contributed by atoms with E-state index in [0.29, 0.717) is 22.9 Å². The fourth-order valence-electron chi connectivity index (χ4n) is 0.909. The van der Waals surface area contributed by atoms with Gasteiger partial charge in [0.2, 0.25) is 5.88 Å². The Balaban J connectivity index is 2.35. The molecule has 0 atom stereocenters. The lowest BCUT2D eigenvalue weighted by Crippen LogP contribution is -2.11. The van der Waals surface area contributed by atoms with Crippen LogP contribution in [0.5, 0.6) is 5.88 Å². The van der Waals surface area contributed by atoms with E-state index in [0.717, 1.165) is 6.42 Å². The molecule has 0 unspecified atom stereocenters. The lowest BCUT2D eigenvalue weighted by molar-refractivity contribution is 0.236. The molecule has 0 amide bonds. The van der Waals surface area contributed by atoms with Gasteiger partial charge in [-0.05, 0) is 17.9 Å². The van der Waals surface area contributed by atoms with Crippen LogP contribution < -0.4 is 4.74 Å². The highest BCUT2D eigenvalue weighted by atomic mass is 35.5. The molecular weight excluding hydrogens is 198 g/mol. The summed E-state index contributed by atoms with van der Waals surface area (Å²) >= 11 is 5.70. The van der Waals surface area contributed by atoms with Crippen molar-refractivity contribution >= 4 is 11.6 Å². The Morgan fingerprint density at radius 3 is 2.57 bits per heavy atom. The minimum absolute atomic E-state index is 0.298. The van der Waals surface area contributed by atoms with Crippen LogP contribution in [0.3, 0.4) is 0 Å². The number of hydrogen-bond acceptors (Lipinski definition) is 2. The van der Waals surface area contributed by atoms with Gasteiger partial charge in [-0.15, -0.1) is 0 Å². The summed E-state index contributed by atoms with van der Waals surface area (Å²) in [4.78, 5) is 4.04. The average Bonchev–Trinajstić information content (AvgIpc) is 2.06. The lowest BCUT2D eigenvalue weighted by Gasteiger charge is -2.17. The van der Waals surface area contributed by atoms with Crippen molar-refractivity contribution in [3.05, 3.63) is 23.4 Å². The molecule has 78 valence electrons. The summed E-state index contributed by atoms with van der Waals surface area (Å²) in [7, 11) is 0. The molecule has 0 aliphatic heterocycles. The van der Waals surface area contributed by atoms with Gasteiger partial charge in [0.05, 0.1) is 11.6 Å². The minimum atomic E-state index is 0.298. The van der Waals surface area contributed by atoms with E-state index in [4.69, 9.17) is 16.3 Å². The molecule has 0 saturated heterocycles. The second-order valence-electron chi connectivity index (χ2n) is 4.47. The minimum Gasteiger partial charge on any atom is -0.478 e. The van der Waals surface area contributed by atoms with Gasteiger partial charge in [-0.25, -0.2) is 4.98 Å². The number of halogens is 1. The molecule has 1 heterocycles. The molecule has 0 fully saturated rings. The fourth-order valence-corrected chi connectivity index (χ4v) is 1.02. The third-order valence-corrected chi connectivity index (χ3v) is 2.03. The number of pyridine rings is 1. The summed E-state index contributed by atoms with van der Waals surface area (Å²) in [5.74, 6) is 0.638. The number of ether oxygens (including phenoxy) is 1. The molecule has 1 aromatic rings. The summed E-state index contributed by atoms with van der Waals surface area (Å²) in [6, 6.07) is 3.56. The SMILES string of the molecule is CC(C)(C)CCOc1ccc(Cl)cn1. The van der Waals surface area contributed by atoms with E-state index in [2.05, 4.69) is 25.8 Å². The molecule has 1 rings (SSSR count). The second kappa shape index (κ2) is 4.65. The number of rotatable bonds is 3. The third kappa shape index (κ3) is 4.47. The van der Waals surface area contributed by atoms with Gasteiger partial charge in [0.25, 0.3) is 0 Å². The predicted molar refractivity (Wildman–Crippen MR) is 58.8 cm³/mol. The quantitative estimate of drug-likeness (QED) is 0.766. The fraction of sp³-hybridized carbons (Fsp3) is 0.545. The topological polar surface area (TPSA) is 22.1 Å². The van der Waals surface area contributed by atoms with Gasteiger partial charge < -0.3 is 4.74 Å². The smallest absolute Gasteiger partial charge is 0.213 e. The maximum atomic E-state index is 5.70. The standard InChI is InChI=1S/C11H16ClNO/c1-11(2,3)6-7-14-10-5-4-9(12)8-13-10/h4-5,8H,6-7H2,1-3H3. The van der Waals surface area contributed by atoms with Crippen LogP contribution in [-0.4, -0.2) is 11.6 Å². The van der Waals surface area contributed by atoms with Crippen molar-refractivity contribution in [3.63, 3.8) is 0 Å². The molecule has 0 saturated carbocycles. The van der Waals surface area contributed by atoms with Gasteiger partial charge in [-0.1, -0.05) is 32.4 Å². The van der Waals surface area contributed by atoms with Crippen LogP contribution in [0.1, 0.15) is 27.2 Å². The van der Waals surface area contributed by atoms with E-state index in [1.807, 2.05) is 0 Å². The molecule has 0 N–H and O–H groups in total. The van der Waals surface area contributed by atoms with Crippen LogP contribution in [0.15, 0.2) is 18.3 Å². The monoisotopic (exact) mass is 213 g/mol. The van der Waals surface area contributed by atoms with Gasteiger partial charge in [-0.3, -0.25) is 0 Å². The summed E-state index contributed by atoms with van der Waals surface area (Å²) in [5, 5.41) is 0.633. The lowest BCUT2D eigenvalue weighted by atomic mass is 9.93. The molecule has 2 nitrogen and oxygen atoms in total. The number of nitrogens with zero attached hydrogens (tertiary/aromatic N) is 1. The average molecular weight is 214 g/mol. The predicted octanol–water partition coefficient (Wildman–Crippen LogP) is 3.55. The van der Waals surface area contributed by atoms with Crippen molar-refractivity contribution in [1.29, 1.82) is 0 Å². The molecule has 0 radical (unpaired) electrons. The summed E-state index contributed by atoms with van der Waals surface area (Å²) in [6.45, 7) is 7.25. The Bertz CT molecular complexity index is 276. The van der Waals surface area contributed by atoms with E-state index in [1.54, 1.807) is 18.3 Å². The molecule has 0 spiro atoms. The van der Waals surface area contributed by atoms with Crippen LogP contribution in [0.25, 0.3) is 0 Å². The van der Waals surface area contributed by atoms with Crippen molar-refractivity contribution in [3.8, 4) is 5.88 Å². The Morgan fingerprint density at radius 2 is 2.07 bits per heavy atom. The Hall–Kier alpha value is -0.760. The highest BCUT2D eigenvalue weighted by Crippen LogP contribution is 2.19. The van der Waals surface area contributed by atoms with Crippen molar-refractivity contribution < 1.29 is 4.74 Å². The van der Waals surface area contributed by atoms with Crippen molar-refractivity contribution in [1.82, 2.24) is 4.98 Å². The molecule has 14 heavy (non-hydrogen) atoms. The second-order valence-corrected chi connectivity index (χ2v) is 4.91. The molecule has 0 aromatic carbocycles. The molecular formula is C11H16ClNO. The van der Waals surface area contributed by atoms with Gasteiger partial charge in [0, 0.05) is 12.3 Å². The normalized spacial score (nSPS) is 11.4. The highest BCUT2D eigenvalue weighted by molar-refractivity contribution is 6.30. The van der Waals surface area contributed by atoms with E-state index in [9.17, 15) is 0 Å². The maximum absolute atomic E-state index is 5.70. The molecule has 0 aliphatic rings. The van der Waals surface area contributed by atoms with Gasteiger partial charge >= 0.3 is 0 Å². The van der Waals surface area contributed by atoms with Crippen molar-refractivity contribution in [2.24, 2.45) is 5.41 Å². The summed E-state index contributed by atoms with van der Waals surface area (Å²) < 4.78 is 5.47. The highest BCUT2D eigenvalue weighted by Gasteiger charge is 2.09. The number of hydrogen-bond donors (Lipinski definition) is 0. The van der Waals surface area contributed by atoms with Crippen molar-refractivity contribution in [2.45, 2.75) is 27.2 Å². The first-order valence-electron chi connectivity index (χ1n) is 4.72. The van der Waals surface area contributed by atoms with Gasteiger partial charge in [0.15, 0.2) is 0 Å². The molecule has 3 heteroatoms. The zero-order valence-corrected chi connectivity index (χ0v) is 9.64. The van der Waals surface area contributed by atoms with E-state index in [1.165, 1.54) is 0 Å². The third-order valence-electron chi connectivity index (χ3n) is 1.80. The van der Waals surface area contributed by atoms with Crippen LogP contribution in [0, 0.1) is 5.41 Å². The number of aromatic nitrogens is 1. The van der Waals surface area contributed by atoms with E-state index >= 15 is 0 Å². The Labute approximate surface area is 90.3 Å². The first-order valence-corrected chi connectivity index (χ1v) is 5.09. The Morgan fingerprint density at radius 1 is 1.36 bits per heavy atom. The summed E-state index contributed by atoms with van der Waals surface area (Å²) in [5.41, 5.74) is 0.298. The van der Waals surface area contributed by atoms with Crippen molar-refractivity contribution in [2.75, 3.05) is 6.61 Å². The zero-order valence-electron chi connectivity index (χ0n) is 8.88. The van der Waals surface area contributed by atoms with Crippen LogP contribution >= 0.6 is 11.6 Å². The first kappa shape index (κ1) is 11.3.